The molecule has 0 saturated heterocycles. The molecule has 0 fully saturated rings. The maximum absolute atomic E-state index is 13.5. The molecule has 7 nitrogen and oxygen atoms in total. The van der Waals surface area contributed by atoms with E-state index in [4.69, 9.17) is 4.74 Å². The smallest absolute Gasteiger partial charge is 0.416 e. The molecule has 156 valence electrons. The number of halogens is 3. The lowest BCUT2D eigenvalue weighted by Crippen LogP contribution is -2.27. The maximum Gasteiger partial charge on any atom is 0.416 e. The molecule has 11 heteroatoms. The van der Waals surface area contributed by atoms with Crippen LogP contribution < -0.4 is 5.32 Å². The van der Waals surface area contributed by atoms with Gasteiger partial charge in [0.05, 0.1) is 5.56 Å². The molecule has 0 aliphatic heterocycles. The first-order valence-corrected chi connectivity index (χ1v) is 9.73. The van der Waals surface area contributed by atoms with Crippen LogP contribution >= 0.6 is 11.3 Å². The molecule has 1 unspecified atom stereocenters. The van der Waals surface area contributed by atoms with Crippen LogP contribution in [0, 0.1) is 11.3 Å². The third kappa shape index (κ3) is 4.60. The van der Waals surface area contributed by atoms with Crippen molar-refractivity contribution >= 4 is 17.4 Å². The lowest BCUT2D eigenvalue weighted by molar-refractivity contribution is -0.137. The van der Waals surface area contributed by atoms with Crippen molar-refractivity contribution in [3.63, 3.8) is 0 Å². The minimum absolute atomic E-state index is 0.0357. The summed E-state index contributed by atoms with van der Waals surface area (Å²) >= 11 is 1.35. The van der Waals surface area contributed by atoms with Gasteiger partial charge in [-0.2, -0.15) is 29.8 Å². The van der Waals surface area contributed by atoms with Gasteiger partial charge in [-0.3, -0.25) is 0 Å². The number of carbonyl (C=O) groups is 1. The standard InChI is InChI=1S/C19H16F3N5O2S/c1-3-24-18(28)29-11(2)27-25-16(9-23)17(26-27)14-6-13(12-4-5-30-10-12)7-15(8-14)19(20,21)22/h4-8,10-11H,3H2,1-2H3,(H,24,28). The SMILES string of the molecule is CCNC(=O)OC(C)n1nc(C#N)c(-c2cc(-c3ccsc3)cc(C(F)(F)F)c2)n1. The number of nitrogens with one attached hydrogen (secondary N) is 1. The highest BCUT2D eigenvalue weighted by atomic mass is 32.1. The Hall–Kier alpha value is -3.39. The second-order valence-electron chi connectivity index (χ2n) is 6.17. The van der Waals surface area contributed by atoms with Gasteiger partial charge >= 0.3 is 12.3 Å². The van der Waals surface area contributed by atoms with Crippen LogP contribution in [-0.2, 0) is 10.9 Å². The van der Waals surface area contributed by atoms with E-state index in [9.17, 15) is 23.2 Å². The molecule has 0 saturated carbocycles. The van der Waals surface area contributed by atoms with Gasteiger partial charge < -0.3 is 10.1 Å². The van der Waals surface area contributed by atoms with Gasteiger partial charge in [0.25, 0.3) is 0 Å². The summed E-state index contributed by atoms with van der Waals surface area (Å²) in [4.78, 5) is 12.6. The molecule has 0 aliphatic rings. The molecule has 2 aromatic heterocycles. The fraction of sp³-hybridized carbons (Fsp3) is 0.263. The molecule has 1 N–H and O–H groups in total. The lowest BCUT2D eigenvalue weighted by atomic mass is 9.99. The minimum Gasteiger partial charge on any atom is -0.422 e. The van der Waals surface area contributed by atoms with Crippen molar-refractivity contribution in [1.29, 1.82) is 5.26 Å². The van der Waals surface area contributed by atoms with E-state index in [1.165, 1.54) is 24.3 Å². The van der Waals surface area contributed by atoms with Gasteiger partial charge in [-0.15, -0.1) is 15.0 Å². The Morgan fingerprint density at radius 1 is 1.30 bits per heavy atom. The van der Waals surface area contributed by atoms with Gasteiger partial charge in [-0.05, 0) is 60.0 Å². The molecular formula is C19H16F3N5O2S. The number of ether oxygens (including phenoxy) is 1. The van der Waals surface area contributed by atoms with E-state index < -0.39 is 24.1 Å². The molecule has 0 bridgehead atoms. The summed E-state index contributed by atoms with van der Waals surface area (Å²) in [5, 5.41) is 23.4. The Morgan fingerprint density at radius 3 is 2.63 bits per heavy atom. The van der Waals surface area contributed by atoms with Gasteiger partial charge in [0.15, 0.2) is 5.69 Å². The summed E-state index contributed by atoms with van der Waals surface area (Å²) in [6, 6.07) is 7.01. The zero-order chi connectivity index (χ0) is 21.9. The van der Waals surface area contributed by atoms with E-state index in [1.807, 2.05) is 6.07 Å². The highest BCUT2D eigenvalue weighted by molar-refractivity contribution is 7.08. The van der Waals surface area contributed by atoms with E-state index in [-0.39, 0.29) is 17.0 Å². The fourth-order valence-electron chi connectivity index (χ4n) is 2.67. The minimum atomic E-state index is -4.59. The first-order chi connectivity index (χ1) is 14.2. The van der Waals surface area contributed by atoms with Crippen molar-refractivity contribution in [3.05, 3.63) is 46.3 Å². The number of hydrogen-bond acceptors (Lipinski definition) is 6. The number of nitrogens with zero attached hydrogens (tertiary/aromatic N) is 4. The van der Waals surface area contributed by atoms with Gasteiger partial charge in [0.2, 0.25) is 6.23 Å². The first kappa shape index (κ1) is 21.3. The van der Waals surface area contributed by atoms with Gasteiger partial charge in [-0.25, -0.2) is 4.79 Å². The largest absolute Gasteiger partial charge is 0.422 e. The van der Waals surface area contributed by atoms with E-state index in [1.54, 1.807) is 23.8 Å². The topological polar surface area (TPSA) is 92.8 Å². The number of hydrogen-bond donors (Lipinski definition) is 1. The maximum atomic E-state index is 13.5. The second kappa shape index (κ2) is 8.54. The predicted molar refractivity (Wildman–Crippen MR) is 103 cm³/mol. The third-order valence-corrected chi connectivity index (χ3v) is 4.73. The zero-order valence-corrected chi connectivity index (χ0v) is 16.7. The Bertz CT molecular complexity index is 1090. The number of amides is 1. The normalized spacial score (nSPS) is 12.3. The van der Waals surface area contributed by atoms with Crippen LogP contribution in [0.25, 0.3) is 22.4 Å². The molecule has 30 heavy (non-hydrogen) atoms. The summed E-state index contributed by atoms with van der Waals surface area (Å²) in [6.07, 6.45) is -6.26. The highest BCUT2D eigenvalue weighted by Crippen LogP contribution is 2.37. The number of rotatable bonds is 5. The lowest BCUT2D eigenvalue weighted by Gasteiger charge is -2.12. The average molecular weight is 435 g/mol. The molecule has 2 heterocycles. The van der Waals surface area contributed by atoms with E-state index in [0.29, 0.717) is 17.7 Å². The number of alkyl halides is 3. The van der Waals surface area contributed by atoms with E-state index in [2.05, 4.69) is 15.5 Å². The van der Waals surface area contributed by atoms with Crippen LogP contribution in [0.5, 0.6) is 0 Å². The van der Waals surface area contributed by atoms with Gasteiger partial charge in [0.1, 0.15) is 11.8 Å². The van der Waals surface area contributed by atoms with Gasteiger partial charge in [-0.1, -0.05) is 0 Å². The van der Waals surface area contributed by atoms with Crippen molar-refractivity contribution in [1.82, 2.24) is 20.3 Å². The summed E-state index contributed by atoms with van der Waals surface area (Å²) in [7, 11) is 0. The molecule has 1 aromatic carbocycles. The van der Waals surface area contributed by atoms with Crippen LogP contribution in [0.2, 0.25) is 0 Å². The monoisotopic (exact) mass is 435 g/mol. The summed E-state index contributed by atoms with van der Waals surface area (Å²) in [6.45, 7) is 3.54. The van der Waals surface area contributed by atoms with Crippen LogP contribution in [0.4, 0.5) is 18.0 Å². The predicted octanol–water partition coefficient (Wildman–Crippen LogP) is 4.83. The summed E-state index contributed by atoms with van der Waals surface area (Å²) in [5.41, 5.74) is -0.0500. The third-order valence-electron chi connectivity index (χ3n) is 4.05. The number of benzene rings is 1. The first-order valence-electron chi connectivity index (χ1n) is 8.79. The van der Waals surface area contributed by atoms with Crippen molar-refractivity contribution in [2.75, 3.05) is 6.54 Å². The number of nitriles is 1. The summed E-state index contributed by atoms with van der Waals surface area (Å²) < 4.78 is 45.5. The number of carbonyl (C=O) groups excluding carboxylic acids is 1. The van der Waals surface area contributed by atoms with Crippen molar-refractivity contribution in [2.24, 2.45) is 0 Å². The zero-order valence-electron chi connectivity index (χ0n) is 15.9. The van der Waals surface area contributed by atoms with E-state index >= 15 is 0 Å². The molecule has 3 aromatic rings. The fourth-order valence-corrected chi connectivity index (χ4v) is 3.33. The molecular weight excluding hydrogens is 419 g/mol. The number of alkyl carbamates (subject to hydrolysis) is 1. The molecule has 1 atom stereocenters. The summed E-state index contributed by atoms with van der Waals surface area (Å²) in [5.74, 6) is 0. The Balaban J connectivity index is 2.06. The number of aromatic nitrogens is 3. The van der Waals surface area contributed by atoms with Crippen LogP contribution in [-0.4, -0.2) is 27.6 Å². The molecule has 0 spiro atoms. The molecule has 1 amide bonds. The number of thiophene rings is 1. The molecule has 0 aliphatic carbocycles. The Labute approximate surface area is 173 Å². The van der Waals surface area contributed by atoms with Crippen LogP contribution in [0.3, 0.4) is 0 Å². The quantitative estimate of drug-likeness (QED) is 0.620. The van der Waals surface area contributed by atoms with E-state index in [0.717, 1.165) is 16.9 Å². The Kier molecular flexibility index (Phi) is 6.07. The second-order valence-corrected chi connectivity index (χ2v) is 6.95. The van der Waals surface area contributed by atoms with Crippen molar-refractivity contribution in [3.8, 4) is 28.5 Å². The highest BCUT2D eigenvalue weighted by Gasteiger charge is 2.32. The molecule has 0 radical (unpaired) electrons. The van der Waals surface area contributed by atoms with Gasteiger partial charge in [0, 0.05) is 12.1 Å². The van der Waals surface area contributed by atoms with Crippen LogP contribution in [0.1, 0.15) is 31.3 Å². The molecule has 3 rings (SSSR count). The van der Waals surface area contributed by atoms with Crippen molar-refractivity contribution in [2.45, 2.75) is 26.3 Å². The Morgan fingerprint density at radius 2 is 2.03 bits per heavy atom. The average Bonchev–Trinajstić information content (AvgIpc) is 3.37. The van der Waals surface area contributed by atoms with Crippen LogP contribution in [0.15, 0.2) is 35.0 Å². The van der Waals surface area contributed by atoms with Crippen molar-refractivity contribution < 1.29 is 22.7 Å².